The number of thioether (sulfide) groups is 1. The maximum absolute atomic E-state index is 12.8. The van der Waals surface area contributed by atoms with Crippen molar-refractivity contribution in [3.8, 4) is 0 Å². The Morgan fingerprint density at radius 2 is 1.64 bits per heavy atom. The fraction of sp³-hybridized carbons (Fsp3) is 0.167. The molecule has 1 saturated heterocycles. The topological polar surface area (TPSA) is 83.7 Å². The fourth-order valence-corrected chi connectivity index (χ4v) is 3.66. The molecule has 1 heterocycles. The molecule has 1 atom stereocenters. The minimum Gasteiger partial charge on any atom is -0.368 e. The molecule has 0 spiro atoms. The van der Waals surface area contributed by atoms with E-state index in [4.69, 9.17) is 5.73 Å². The molecule has 3 amide bonds. The molecule has 3 rings (SSSR count). The lowest BCUT2D eigenvalue weighted by Gasteiger charge is -2.27. The van der Waals surface area contributed by atoms with Gasteiger partial charge in [0.25, 0.3) is 11.1 Å². The molecule has 0 bridgehead atoms. The van der Waals surface area contributed by atoms with Crippen molar-refractivity contribution in [1.82, 2.24) is 4.90 Å². The van der Waals surface area contributed by atoms with Gasteiger partial charge in [-0.05, 0) is 29.5 Å². The molecule has 0 aliphatic carbocycles. The first-order chi connectivity index (χ1) is 12.1. The van der Waals surface area contributed by atoms with Crippen molar-refractivity contribution in [2.45, 2.75) is 11.9 Å². The van der Waals surface area contributed by atoms with Gasteiger partial charge in [-0.1, -0.05) is 48.5 Å². The molecule has 128 valence electrons. The van der Waals surface area contributed by atoms with E-state index in [0.717, 1.165) is 17.3 Å². The van der Waals surface area contributed by atoms with Gasteiger partial charge >= 0.3 is 0 Å². The Balaban J connectivity index is 1.84. The van der Waals surface area contributed by atoms with Crippen LogP contribution in [0.15, 0.2) is 60.7 Å². The number of nitrogens with zero attached hydrogens (tertiary/aromatic N) is 2. The van der Waals surface area contributed by atoms with Crippen molar-refractivity contribution in [2.24, 2.45) is 5.73 Å². The summed E-state index contributed by atoms with van der Waals surface area (Å²) in [5.74, 6) is -0.907. The second-order valence-corrected chi connectivity index (χ2v) is 6.61. The Hall–Kier alpha value is -2.80. The van der Waals surface area contributed by atoms with Gasteiger partial charge in [-0.2, -0.15) is 0 Å². The molecule has 0 radical (unpaired) electrons. The van der Waals surface area contributed by atoms with Crippen LogP contribution in [0.1, 0.15) is 5.56 Å². The number of benzene rings is 2. The molecule has 1 fully saturated rings. The van der Waals surface area contributed by atoms with E-state index in [1.807, 2.05) is 36.4 Å². The maximum atomic E-state index is 12.8. The lowest BCUT2D eigenvalue weighted by molar-refractivity contribution is -0.127. The molecular weight excluding hydrogens is 338 g/mol. The van der Waals surface area contributed by atoms with E-state index in [2.05, 4.69) is 0 Å². The summed E-state index contributed by atoms with van der Waals surface area (Å²) in [6.07, 6.45) is 0. The normalized spacial score (nSPS) is 17.0. The van der Waals surface area contributed by atoms with Crippen LogP contribution < -0.4 is 10.6 Å². The van der Waals surface area contributed by atoms with Crippen molar-refractivity contribution in [1.29, 1.82) is 0 Å². The largest absolute Gasteiger partial charge is 0.368 e. The molecule has 0 aromatic heterocycles. The first-order valence-electron chi connectivity index (χ1n) is 7.72. The van der Waals surface area contributed by atoms with Crippen LogP contribution >= 0.6 is 11.8 Å². The van der Waals surface area contributed by atoms with Crippen molar-refractivity contribution < 1.29 is 14.4 Å². The van der Waals surface area contributed by atoms with E-state index >= 15 is 0 Å². The molecule has 25 heavy (non-hydrogen) atoms. The third-order valence-corrected chi connectivity index (χ3v) is 4.89. The van der Waals surface area contributed by atoms with Crippen LogP contribution in [0.4, 0.5) is 10.5 Å². The number of hydrogen-bond donors (Lipinski definition) is 1. The highest BCUT2D eigenvalue weighted by Gasteiger charge is 2.43. The summed E-state index contributed by atoms with van der Waals surface area (Å²) in [6.45, 7) is 0.0705. The predicted molar refractivity (Wildman–Crippen MR) is 96.7 cm³/mol. The Labute approximate surface area is 149 Å². The molecule has 2 N–H and O–H groups in total. The van der Waals surface area contributed by atoms with Crippen LogP contribution in [0.2, 0.25) is 0 Å². The standard InChI is InChI=1S/C18H17N3O3S/c19-15(22)12-20(14-9-5-2-6-10-14)17-16(23)21(18(24)25-17)11-13-7-3-1-4-8-13/h1-10,17H,11-12H2,(H2,19,22)/t17-/m0/s1. The van der Waals surface area contributed by atoms with Crippen LogP contribution in [0.3, 0.4) is 0 Å². The number of hydrogen-bond acceptors (Lipinski definition) is 5. The van der Waals surface area contributed by atoms with Crippen molar-refractivity contribution >= 4 is 34.5 Å². The summed E-state index contributed by atoms with van der Waals surface area (Å²) in [5.41, 5.74) is 6.87. The summed E-state index contributed by atoms with van der Waals surface area (Å²) >= 11 is 0.902. The van der Waals surface area contributed by atoms with Crippen LogP contribution in [-0.2, 0) is 16.1 Å². The van der Waals surface area contributed by atoms with Crippen molar-refractivity contribution in [3.63, 3.8) is 0 Å². The Bertz CT molecular complexity index is 783. The van der Waals surface area contributed by atoms with E-state index in [9.17, 15) is 14.4 Å². The minimum atomic E-state index is -0.800. The number of carbonyl (C=O) groups is 3. The first kappa shape index (κ1) is 17.0. The Kier molecular flexibility index (Phi) is 5.04. The summed E-state index contributed by atoms with van der Waals surface area (Å²) in [7, 11) is 0. The van der Waals surface area contributed by atoms with Gasteiger partial charge < -0.3 is 10.6 Å². The molecule has 1 aliphatic heterocycles. The maximum Gasteiger partial charge on any atom is 0.291 e. The van der Waals surface area contributed by atoms with Gasteiger partial charge in [0.1, 0.15) is 0 Å². The van der Waals surface area contributed by atoms with E-state index in [1.165, 1.54) is 4.90 Å². The van der Waals surface area contributed by atoms with Gasteiger partial charge in [-0.3, -0.25) is 19.3 Å². The highest BCUT2D eigenvalue weighted by atomic mass is 32.2. The number of carbonyl (C=O) groups excluding carboxylic acids is 3. The second kappa shape index (κ2) is 7.40. The number of primary amides is 1. The average molecular weight is 355 g/mol. The van der Waals surface area contributed by atoms with Gasteiger partial charge in [0.05, 0.1) is 13.1 Å². The molecule has 1 aliphatic rings. The minimum absolute atomic E-state index is 0.139. The van der Waals surface area contributed by atoms with Gasteiger partial charge in [-0.15, -0.1) is 0 Å². The SMILES string of the molecule is NC(=O)CN(c1ccccc1)[C@H]1SC(=O)N(Cc2ccccc2)C1=O. The molecule has 2 aromatic carbocycles. The lowest BCUT2D eigenvalue weighted by Crippen LogP contribution is -2.45. The zero-order chi connectivity index (χ0) is 17.8. The highest BCUT2D eigenvalue weighted by molar-refractivity contribution is 8.15. The summed E-state index contributed by atoms with van der Waals surface area (Å²) in [4.78, 5) is 39.4. The van der Waals surface area contributed by atoms with Gasteiger partial charge in [0, 0.05) is 5.69 Å². The number of anilines is 1. The monoisotopic (exact) mass is 355 g/mol. The smallest absolute Gasteiger partial charge is 0.291 e. The number of nitrogens with two attached hydrogens (primary N) is 1. The van der Waals surface area contributed by atoms with E-state index < -0.39 is 11.3 Å². The number of rotatable bonds is 6. The summed E-state index contributed by atoms with van der Waals surface area (Å²) in [6, 6.07) is 18.3. The molecular formula is C18H17N3O3S. The van der Waals surface area contributed by atoms with Gasteiger partial charge in [0.15, 0.2) is 5.37 Å². The summed E-state index contributed by atoms with van der Waals surface area (Å²) in [5, 5.41) is -1.13. The quantitative estimate of drug-likeness (QED) is 0.859. The van der Waals surface area contributed by atoms with E-state index in [-0.39, 0.29) is 24.2 Å². The van der Waals surface area contributed by atoms with Crippen LogP contribution in [0, 0.1) is 0 Å². The second-order valence-electron chi connectivity index (χ2n) is 5.58. The summed E-state index contributed by atoms with van der Waals surface area (Å²) < 4.78 is 0. The molecule has 2 aromatic rings. The highest BCUT2D eigenvalue weighted by Crippen LogP contribution is 2.33. The number of para-hydroxylation sites is 1. The van der Waals surface area contributed by atoms with Gasteiger partial charge in [-0.25, -0.2) is 0 Å². The first-order valence-corrected chi connectivity index (χ1v) is 8.60. The molecule has 0 saturated carbocycles. The lowest BCUT2D eigenvalue weighted by atomic mass is 10.2. The molecule has 7 heteroatoms. The van der Waals surface area contributed by atoms with Crippen LogP contribution in [0.25, 0.3) is 0 Å². The van der Waals surface area contributed by atoms with Crippen LogP contribution in [-0.4, -0.2) is 33.9 Å². The Morgan fingerprint density at radius 3 is 2.24 bits per heavy atom. The molecule has 0 unspecified atom stereocenters. The van der Waals surface area contributed by atoms with E-state index in [0.29, 0.717) is 5.69 Å². The van der Waals surface area contributed by atoms with Gasteiger partial charge in [0.2, 0.25) is 5.91 Å². The number of amides is 3. The van der Waals surface area contributed by atoms with Crippen molar-refractivity contribution in [3.05, 3.63) is 66.2 Å². The number of imide groups is 1. The zero-order valence-electron chi connectivity index (χ0n) is 13.4. The fourth-order valence-electron chi connectivity index (χ4n) is 2.64. The third-order valence-electron chi connectivity index (χ3n) is 3.79. The van der Waals surface area contributed by atoms with E-state index in [1.54, 1.807) is 29.2 Å². The average Bonchev–Trinajstić information content (AvgIpc) is 2.89. The zero-order valence-corrected chi connectivity index (χ0v) is 14.2. The van der Waals surface area contributed by atoms with Crippen molar-refractivity contribution in [2.75, 3.05) is 11.4 Å². The Morgan fingerprint density at radius 1 is 1.04 bits per heavy atom. The predicted octanol–water partition coefficient (Wildman–Crippen LogP) is 2.20. The molecule has 6 nitrogen and oxygen atoms in total. The van der Waals surface area contributed by atoms with Crippen LogP contribution in [0.5, 0.6) is 0 Å². The third kappa shape index (κ3) is 3.83.